The molecule has 1 aliphatic rings. The van der Waals surface area contributed by atoms with Crippen molar-refractivity contribution in [3.8, 4) is 10.6 Å². The molecular formula is C20H22N6OS. The van der Waals surface area contributed by atoms with E-state index >= 15 is 0 Å². The summed E-state index contributed by atoms with van der Waals surface area (Å²) >= 11 is 1.65. The molecule has 1 atom stereocenters. The first-order chi connectivity index (χ1) is 13.6. The minimum atomic E-state index is 0.0188. The fraction of sp³-hybridized carbons (Fsp3) is 0.350. The Kier molecular flexibility index (Phi) is 5.29. The number of nitrogens with zero attached hydrogens (tertiary/aromatic N) is 5. The van der Waals surface area contributed by atoms with Gasteiger partial charge in [0.05, 0.1) is 27.7 Å². The van der Waals surface area contributed by atoms with Gasteiger partial charge in [0.1, 0.15) is 0 Å². The fourth-order valence-electron chi connectivity index (χ4n) is 3.42. The average molecular weight is 395 g/mol. The van der Waals surface area contributed by atoms with Gasteiger partial charge in [0.25, 0.3) is 0 Å². The topological polar surface area (TPSA) is 83.9 Å². The molecule has 1 amide bonds. The molecule has 8 heteroatoms. The molecule has 1 N–H and O–H groups in total. The van der Waals surface area contributed by atoms with E-state index in [0.717, 1.165) is 39.8 Å². The second-order valence-corrected chi connectivity index (χ2v) is 8.13. The largest absolute Gasteiger partial charge is 0.351 e. The van der Waals surface area contributed by atoms with Gasteiger partial charge in [0, 0.05) is 37.7 Å². The Morgan fingerprint density at radius 2 is 2.18 bits per heavy atom. The zero-order valence-electron chi connectivity index (χ0n) is 15.9. The molecule has 0 aromatic carbocycles. The first-order valence-corrected chi connectivity index (χ1v) is 10.1. The van der Waals surface area contributed by atoms with Crippen LogP contribution in [0.3, 0.4) is 0 Å². The van der Waals surface area contributed by atoms with E-state index in [1.165, 1.54) is 0 Å². The van der Waals surface area contributed by atoms with E-state index in [1.807, 2.05) is 32.0 Å². The summed E-state index contributed by atoms with van der Waals surface area (Å²) in [5.74, 6) is 0.720. The summed E-state index contributed by atoms with van der Waals surface area (Å²) in [6, 6.07) is 5.78. The van der Waals surface area contributed by atoms with E-state index in [9.17, 15) is 4.79 Å². The Morgan fingerprint density at radius 3 is 2.93 bits per heavy atom. The molecule has 3 aromatic heterocycles. The van der Waals surface area contributed by atoms with Crippen LogP contribution >= 0.6 is 11.3 Å². The van der Waals surface area contributed by atoms with Crippen LogP contribution in [0.1, 0.15) is 22.7 Å². The van der Waals surface area contributed by atoms with E-state index in [2.05, 4.69) is 25.2 Å². The number of anilines is 1. The number of aromatic nitrogens is 4. The average Bonchev–Trinajstić information content (AvgIpc) is 3.28. The molecule has 0 radical (unpaired) electrons. The van der Waals surface area contributed by atoms with Crippen molar-refractivity contribution in [1.82, 2.24) is 25.3 Å². The molecule has 1 fully saturated rings. The third kappa shape index (κ3) is 4.17. The summed E-state index contributed by atoms with van der Waals surface area (Å²) in [5, 5.41) is 4.15. The number of nitrogens with one attached hydrogen (secondary N) is 1. The molecule has 1 aliphatic heterocycles. The standard InChI is InChI=1S/C20H22N6OS/c1-13-19(28-14(2)23-13)17-5-8-22-20(25-17)26-9-6-16(12-26)24-18(27)10-15-4-3-7-21-11-15/h3-5,7-8,11,16H,6,9-10,12H2,1-2H3,(H,24,27). The van der Waals surface area contributed by atoms with Gasteiger partial charge in [-0.2, -0.15) is 0 Å². The van der Waals surface area contributed by atoms with E-state index in [-0.39, 0.29) is 11.9 Å². The van der Waals surface area contributed by atoms with Gasteiger partial charge in [-0.25, -0.2) is 15.0 Å². The SMILES string of the molecule is Cc1nc(C)c(-c2ccnc(N3CCC(NC(=O)Cc4cccnc4)C3)n2)s1. The van der Waals surface area contributed by atoms with Gasteiger partial charge in [-0.15, -0.1) is 11.3 Å². The number of rotatable bonds is 5. The van der Waals surface area contributed by atoms with E-state index in [0.29, 0.717) is 18.9 Å². The molecule has 0 spiro atoms. The summed E-state index contributed by atoms with van der Waals surface area (Å²) in [7, 11) is 0. The molecule has 0 saturated carbocycles. The first kappa shape index (κ1) is 18.5. The Bertz CT molecular complexity index is 974. The quantitative estimate of drug-likeness (QED) is 0.716. The predicted octanol–water partition coefficient (Wildman–Crippen LogP) is 2.55. The number of carbonyl (C=O) groups excluding carboxylic acids is 1. The highest BCUT2D eigenvalue weighted by Gasteiger charge is 2.26. The van der Waals surface area contributed by atoms with E-state index < -0.39 is 0 Å². The lowest BCUT2D eigenvalue weighted by Gasteiger charge is -2.17. The van der Waals surface area contributed by atoms with Crippen molar-refractivity contribution < 1.29 is 4.79 Å². The third-order valence-electron chi connectivity index (χ3n) is 4.70. The smallest absolute Gasteiger partial charge is 0.225 e. The van der Waals surface area contributed by atoms with Crippen molar-refractivity contribution in [2.24, 2.45) is 0 Å². The number of pyridine rings is 1. The number of hydrogen-bond acceptors (Lipinski definition) is 7. The van der Waals surface area contributed by atoms with E-state index in [4.69, 9.17) is 4.98 Å². The molecule has 1 unspecified atom stereocenters. The van der Waals surface area contributed by atoms with Gasteiger partial charge in [0.2, 0.25) is 11.9 Å². The third-order valence-corrected chi connectivity index (χ3v) is 5.80. The Morgan fingerprint density at radius 1 is 1.29 bits per heavy atom. The lowest BCUT2D eigenvalue weighted by Crippen LogP contribution is -2.38. The highest BCUT2D eigenvalue weighted by atomic mass is 32.1. The molecule has 4 heterocycles. The van der Waals surface area contributed by atoms with Crippen LogP contribution in [0.2, 0.25) is 0 Å². The predicted molar refractivity (Wildman–Crippen MR) is 109 cm³/mol. The molecule has 144 valence electrons. The van der Waals surface area contributed by atoms with Crippen LogP contribution in [0.25, 0.3) is 10.6 Å². The second-order valence-electron chi connectivity index (χ2n) is 6.93. The van der Waals surface area contributed by atoms with Crippen LogP contribution < -0.4 is 10.2 Å². The summed E-state index contributed by atoms with van der Waals surface area (Å²) < 4.78 is 0. The van der Waals surface area contributed by atoms with Crippen molar-refractivity contribution in [1.29, 1.82) is 0 Å². The van der Waals surface area contributed by atoms with Crippen molar-refractivity contribution in [2.45, 2.75) is 32.7 Å². The molecule has 3 aromatic rings. The maximum absolute atomic E-state index is 12.3. The monoisotopic (exact) mass is 394 g/mol. The molecule has 0 aliphatic carbocycles. The first-order valence-electron chi connectivity index (χ1n) is 9.29. The van der Waals surface area contributed by atoms with Crippen LogP contribution in [0.4, 0.5) is 5.95 Å². The molecule has 4 rings (SSSR count). The van der Waals surface area contributed by atoms with Crippen LogP contribution in [-0.2, 0) is 11.2 Å². The minimum Gasteiger partial charge on any atom is -0.351 e. The minimum absolute atomic E-state index is 0.0188. The summed E-state index contributed by atoms with van der Waals surface area (Å²) in [5.41, 5.74) is 2.81. The van der Waals surface area contributed by atoms with Crippen LogP contribution in [0.5, 0.6) is 0 Å². The number of hydrogen-bond donors (Lipinski definition) is 1. The second kappa shape index (κ2) is 8.02. The summed E-state index contributed by atoms with van der Waals surface area (Å²) in [6.45, 7) is 5.54. The summed E-state index contributed by atoms with van der Waals surface area (Å²) in [4.78, 5) is 33.2. The molecule has 0 bridgehead atoms. The van der Waals surface area contributed by atoms with Gasteiger partial charge in [-0.1, -0.05) is 6.07 Å². The van der Waals surface area contributed by atoms with Gasteiger partial charge in [-0.3, -0.25) is 9.78 Å². The van der Waals surface area contributed by atoms with Crippen molar-refractivity contribution in [2.75, 3.05) is 18.0 Å². The van der Waals surface area contributed by atoms with Crippen molar-refractivity contribution in [3.63, 3.8) is 0 Å². The fourth-order valence-corrected chi connectivity index (χ4v) is 4.31. The van der Waals surface area contributed by atoms with Crippen molar-refractivity contribution >= 4 is 23.2 Å². The zero-order valence-corrected chi connectivity index (χ0v) is 16.7. The molecule has 1 saturated heterocycles. The van der Waals surface area contributed by atoms with Gasteiger partial charge in [-0.05, 0) is 38.0 Å². The van der Waals surface area contributed by atoms with Gasteiger partial charge >= 0.3 is 0 Å². The van der Waals surface area contributed by atoms with Crippen LogP contribution in [-0.4, -0.2) is 45.0 Å². The highest BCUT2D eigenvalue weighted by Crippen LogP contribution is 2.29. The van der Waals surface area contributed by atoms with Crippen LogP contribution in [0.15, 0.2) is 36.8 Å². The Hall–Kier alpha value is -2.87. The number of amides is 1. The number of carbonyl (C=O) groups is 1. The van der Waals surface area contributed by atoms with E-state index in [1.54, 1.807) is 29.9 Å². The maximum Gasteiger partial charge on any atom is 0.225 e. The maximum atomic E-state index is 12.3. The number of thiazole rings is 1. The van der Waals surface area contributed by atoms with Gasteiger partial charge < -0.3 is 10.2 Å². The normalized spacial score (nSPS) is 16.4. The van der Waals surface area contributed by atoms with Crippen molar-refractivity contribution in [3.05, 3.63) is 53.1 Å². The number of aryl methyl sites for hydroxylation is 2. The molecule has 28 heavy (non-hydrogen) atoms. The Labute approximate surface area is 167 Å². The van der Waals surface area contributed by atoms with Crippen LogP contribution in [0, 0.1) is 13.8 Å². The van der Waals surface area contributed by atoms with Gasteiger partial charge in [0.15, 0.2) is 0 Å². The highest BCUT2D eigenvalue weighted by molar-refractivity contribution is 7.15. The Balaban J connectivity index is 1.40. The zero-order chi connectivity index (χ0) is 19.5. The molecule has 7 nitrogen and oxygen atoms in total. The lowest BCUT2D eigenvalue weighted by atomic mass is 10.2. The molecular weight excluding hydrogens is 372 g/mol. The summed E-state index contributed by atoms with van der Waals surface area (Å²) in [6.07, 6.45) is 6.45. The lowest BCUT2D eigenvalue weighted by molar-refractivity contribution is -0.121.